The van der Waals surface area contributed by atoms with Gasteiger partial charge >= 0.3 is 0 Å². The molecule has 116 valence electrons. The van der Waals surface area contributed by atoms with Crippen molar-refractivity contribution >= 4 is 34.8 Å². The third-order valence-electron chi connectivity index (χ3n) is 3.12. The molecule has 1 aromatic heterocycles. The van der Waals surface area contributed by atoms with Gasteiger partial charge in [0, 0.05) is 25.5 Å². The number of hydrogen-bond donors (Lipinski definition) is 3. The molecule has 0 spiro atoms. The van der Waals surface area contributed by atoms with Gasteiger partial charge < -0.3 is 16.4 Å². The first-order valence-corrected chi connectivity index (χ1v) is 8.50. The number of thiocarbonyl (C=S) groups is 1. The Morgan fingerprint density at radius 1 is 1.27 bits per heavy atom. The molecule has 4 nitrogen and oxygen atoms in total. The van der Waals surface area contributed by atoms with Gasteiger partial charge in [-0.25, -0.2) is 0 Å². The summed E-state index contributed by atoms with van der Waals surface area (Å²) >= 11 is 6.88. The lowest BCUT2D eigenvalue weighted by Crippen LogP contribution is -2.33. The van der Waals surface area contributed by atoms with Crippen LogP contribution < -0.4 is 16.4 Å². The molecule has 0 aliphatic heterocycles. The van der Waals surface area contributed by atoms with Gasteiger partial charge in [0.25, 0.3) is 0 Å². The molecule has 0 aliphatic carbocycles. The molecule has 1 aromatic carbocycles. The van der Waals surface area contributed by atoms with Crippen LogP contribution in [0.25, 0.3) is 0 Å². The second-order valence-electron chi connectivity index (χ2n) is 4.65. The van der Waals surface area contributed by atoms with Crippen molar-refractivity contribution in [3.8, 4) is 0 Å². The van der Waals surface area contributed by atoms with Crippen molar-refractivity contribution in [2.24, 2.45) is 0 Å². The van der Waals surface area contributed by atoms with Gasteiger partial charge in [0.1, 0.15) is 0 Å². The zero-order chi connectivity index (χ0) is 15.8. The number of nitrogen functional groups attached to an aromatic ring is 1. The lowest BCUT2D eigenvalue weighted by Gasteiger charge is -2.18. The van der Waals surface area contributed by atoms with Crippen LogP contribution in [0.5, 0.6) is 0 Å². The Kier molecular flexibility index (Phi) is 6.48. The summed E-state index contributed by atoms with van der Waals surface area (Å²) in [5.41, 5.74) is 8.95. The fourth-order valence-electron chi connectivity index (χ4n) is 2.04. The Labute approximate surface area is 140 Å². The Balaban J connectivity index is 2.10. The van der Waals surface area contributed by atoms with Crippen molar-refractivity contribution in [2.75, 3.05) is 25.1 Å². The summed E-state index contributed by atoms with van der Waals surface area (Å²) in [4.78, 5) is 4.48. The molecule has 0 fully saturated rings. The van der Waals surface area contributed by atoms with E-state index in [4.69, 9.17) is 18.0 Å². The van der Waals surface area contributed by atoms with Gasteiger partial charge in [-0.3, -0.25) is 4.98 Å². The molecule has 2 aromatic rings. The van der Waals surface area contributed by atoms with Crippen LogP contribution in [0.4, 0.5) is 5.69 Å². The van der Waals surface area contributed by atoms with E-state index >= 15 is 0 Å². The highest BCUT2D eigenvalue weighted by Crippen LogP contribution is 2.36. The maximum atomic E-state index is 6.11. The van der Waals surface area contributed by atoms with Crippen molar-refractivity contribution in [1.82, 2.24) is 15.6 Å². The monoisotopic (exact) mass is 332 g/mol. The summed E-state index contributed by atoms with van der Waals surface area (Å²) in [6, 6.07) is 14.1. The van der Waals surface area contributed by atoms with E-state index in [-0.39, 0.29) is 5.25 Å². The van der Waals surface area contributed by atoms with E-state index in [9.17, 15) is 0 Å². The van der Waals surface area contributed by atoms with E-state index in [2.05, 4.69) is 27.8 Å². The number of pyridine rings is 1. The highest BCUT2D eigenvalue weighted by Gasteiger charge is 2.18. The van der Waals surface area contributed by atoms with E-state index in [0.29, 0.717) is 5.11 Å². The molecule has 2 rings (SSSR count). The van der Waals surface area contributed by atoms with Gasteiger partial charge in [-0.2, -0.15) is 0 Å². The first kappa shape index (κ1) is 16.6. The van der Waals surface area contributed by atoms with Gasteiger partial charge in [0.15, 0.2) is 5.11 Å². The van der Waals surface area contributed by atoms with Crippen LogP contribution in [-0.2, 0) is 0 Å². The molecule has 0 bridgehead atoms. The molecule has 6 heteroatoms. The van der Waals surface area contributed by atoms with Gasteiger partial charge in [-0.05, 0) is 29.9 Å². The number of nitrogens with one attached hydrogen (secondary N) is 2. The van der Waals surface area contributed by atoms with Crippen molar-refractivity contribution in [2.45, 2.75) is 5.25 Å². The molecule has 1 heterocycles. The quantitative estimate of drug-likeness (QED) is 0.558. The van der Waals surface area contributed by atoms with E-state index in [1.807, 2.05) is 37.4 Å². The average molecular weight is 332 g/mol. The molecular weight excluding hydrogens is 312 g/mol. The fraction of sp³-hybridized carbons (Fsp3) is 0.250. The first-order valence-electron chi connectivity index (χ1n) is 7.05. The number of aromatic nitrogens is 1. The molecule has 1 atom stereocenters. The van der Waals surface area contributed by atoms with Crippen LogP contribution in [0.1, 0.15) is 16.5 Å². The minimum atomic E-state index is 0.118. The summed E-state index contributed by atoms with van der Waals surface area (Å²) in [6.07, 6.45) is 1.79. The number of nitrogens with two attached hydrogens (primary N) is 1. The van der Waals surface area contributed by atoms with Crippen LogP contribution in [0.15, 0.2) is 48.7 Å². The second-order valence-corrected chi connectivity index (χ2v) is 6.27. The predicted octanol–water partition coefficient (Wildman–Crippen LogP) is 2.58. The van der Waals surface area contributed by atoms with Crippen molar-refractivity contribution < 1.29 is 0 Å². The number of hydrogen-bond acceptors (Lipinski definition) is 4. The highest BCUT2D eigenvalue weighted by atomic mass is 32.2. The number of rotatable bonds is 6. The van der Waals surface area contributed by atoms with Gasteiger partial charge in [0.05, 0.1) is 16.6 Å². The van der Waals surface area contributed by atoms with E-state index in [0.717, 1.165) is 23.7 Å². The third kappa shape index (κ3) is 4.61. The molecule has 0 amide bonds. The molecule has 4 N–H and O–H groups in total. The van der Waals surface area contributed by atoms with Gasteiger partial charge in [-0.1, -0.05) is 30.3 Å². The standard InChI is InChI=1S/C16H20N4S2/c1-18-16(21)20-10-11-22-15(12-6-3-2-4-7-12)14-13(17)8-5-9-19-14/h2-9,15H,10-11,17H2,1H3,(H2,18,20,21). The summed E-state index contributed by atoms with van der Waals surface area (Å²) < 4.78 is 0. The molecule has 0 saturated carbocycles. The van der Waals surface area contributed by atoms with Gasteiger partial charge in [0.2, 0.25) is 0 Å². The van der Waals surface area contributed by atoms with E-state index < -0.39 is 0 Å². The average Bonchev–Trinajstić information content (AvgIpc) is 2.56. The molecule has 0 saturated heterocycles. The Hall–Kier alpha value is -1.79. The van der Waals surface area contributed by atoms with Crippen LogP contribution in [-0.4, -0.2) is 29.4 Å². The second kappa shape index (κ2) is 8.60. The smallest absolute Gasteiger partial charge is 0.166 e. The summed E-state index contributed by atoms with van der Waals surface area (Å²) in [6.45, 7) is 0.792. The SMILES string of the molecule is CNC(=S)NCCSC(c1ccccc1)c1ncccc1N. The number of thioether (sulfide) groups is 1. The van der Waals surface area contributed by atoms with Crippen LogP contribution in [0.3, 0.4) is 0 Å². The molecule has 0 radical (unpaired) electrons. The van der Waals surface area contributed by atoms with Crippen LogP contribution >= 0.6 is 24.0 Å². The summed E-state index contributed by atoms with van der Waals surface area (Å²) in [7, 11) is 1.81. The minimum absolute atomic E-state index is 0.118. The minimum Gasteiger partial charge on any atom is -0.397 e. The van der Waals surface area contributed by atoms with E-state index in [1.54, 1.807) is 18.0 Å². The van der Waals surface area contributed by atoms with Crippen LogP contribution in [0.2, 0.25) is 0 Å². The predicted molar refractivity (Wildman–Crippen MR) is 99.1 cm³/mol. The summed E-state index contributed by atoms with van der Waals surface area (Å²) in [5.74, 6) is 0.900. The highest BCUT2D eigenvalue weighted by molar-refractivity contribution is 7.99. The van der Waals surface area contributed by atoms with E-state index in [1.165, 1.54) is 5.56 Å². The molecular formula is C16H20N4S2. The maximum Gasteiger partial charge on any atom is 0.166 e. The van der Waals surface area contributed by atoms with Gasteiger partial charge in [-0.15, -0.1) is 11.8 Å². The zero-order valence-electron chi connectivity index (χ0n) is 12.5. The third-order valence-corrected chi connectivity index (χ3v) is 4.74. The lowest BCUT2D eigenvalue weighted by atomic mass is 10.1. The zero-order valence-corrected chi connectivity index (χ0v) is 14.1. The van der Waals surface area contributed by atoms with Crippen molar-refractivity contribution in [3.05, 3.63) is 59.9 Å². The van der Waals surface area contributed by atoms with Crippen LogP contribution in [0, 0.1) is 0 Å². The molecule has 22 heavy (non-hydrogen) atoms. The normalized spacial score (nSPS) is 11.7. The first-order chi connectivity index (χ1) is 10.7. The van der Waals surface area contributed by atoms with Crippen molar-refractivity contribution in [1.29, 1.82) is 0 Å². The maximum absolute atomic E-state index is 6.11. The fourth-order valence-corrected chi connectivity index (χ4v) is 3.30. The Bertz CT molecular complexity index is 604. The Morgan fingerprint density at radius 3 is 2.73 bits per heavy atom. The largest absolute Gasteiger partial charge is 0.397 e. The number of benzene rings is 1. The number of nitrogens with zero attached hydrogens (tertiary/aromatic N) is 1. The number of anilines is 1. The topological polar surface area (TPSA) is 63.0 Å². The molecule has 0 aliphatic rings. The lowest BCUT2D eigenvalue weighted by molar-refractivity contribution is 0.938. The summed E-state index contributed by atoms with van der Waals surface area (Å²) in [5, 5.41) is 6.84. The Morgan fingerprint density at radius 2 is 2.05 bits per heavy atom. The van der Waals surface area contributed by atoms with Crippen molar-refractivity contribution in [3.63, 3.8) is 0 Å². The molecule has 1 unspecified atom stereocenters.